The molecule has 0 radical (unpaired) electrons. The molecule has 1 aromatic rings. The third kappa shape index (κ3) is 4.50. The fourth-order valence-corrected chi connectivity index (χ4v) is 4.71. The highest BCUT2D eigenvalue weighted by atomic mass is 16.5. The Bertz CT molecular complexity index is 708. The van der Waals surface area contributed by atoms with Crippen molar-refractivity contribution >= 4 is 11.8 Å². The quantitative estimate of drug-likeness (QED) is 0.778. The van der Waals surface area contributed by atoms with Crippen LogP contribution >= 0.6 is 0 Å². The summed E-state index contributed by atoms with van der Waals surface area (Å²) in [5.41, 5.74) is 1.14. The van der Waals surface area contributed by atoms with Gasteiger partial charge in [0.15, 0.2) is 0 Å². The smallest absolute Gasteiger partial charge is 0.226 e. The number of rotatable bonds is 4. The number of carbonyl (C=O) groups excluding carboxylic acids is 2. The molecule has 5 nitrogen and oxygen atoms in total. The van der Waals surface area contributed by atoms with Gasteiger partial charge in [0.1, 0.15) is 6.10 Å². The molecule has 2 aliphatic heterocycles. The Morgan fingerprint density at radius 3 is 2.10 bits per heavy atom. The third-order valence-electron chi connectivity index (χ3n) is 6.96. The van der Waals surface area contributed by atoms with Crippen LogP contribution in [0.2, 0.25) is 0 Å². The van der Waals surface area contributed by atoms with Crippen molar-refractivity contribution in [3.05, 3.63) is 35.9 Å². The molecule has 5 heteroatoms. The Morgan fingerprint density at radius 1 is 0.897 bits per heavy atom. The number of carbonyl (C=O) groups is 2. The molecule has 0 spiro atoms. The topological polar surface area (TPSA) is 49.9 Å². The van der Waals surface area contributed by atoms with Crippen LogP contribution in [-0.2, 0) is 14.3 Å². The van der Waals surface area contributed by atoms with Crippen molar-refractivity contribution in [1.29, 1.82) is 0 Å². The number of ether oxygens (including phenoxy) is 1. The highest BCUT2D eigenvalue weighted by Crippen LogP contribution is 2.32. The summed E-state index contributed by atoms with van der Waals surface area (Å²) in [6.45, 7) is 7.06. The predicted octanol–water partition coefficient (Wildman–Crippen LogP) is 3.65. The average molecular weight is 399 g/mol. The molecule has 0 bridgehead atoms. The normalized spacial score (nSPS) is 26.4. The lowest BCUT2D eigenvalue weighted by Gasteiger charge is -2.42. The lowest BCUT2D eigenvalue weighted by atomic mass is 9.83. The molecule has 2 atom stereocenters. The van der Waals surface area contributed by atoms with Gasteiger partial charge in [0.25, 0.3) is 0 Å². The van der Waals surface area contributed by atoms with Gasteiger partial charge in [-0.15, -0.1) is 0 Å². The van der Waals surface area contributed by atoms with Crippen LogP contribution in [0.5, 0.6) is 0 Å². The summed E-state index contributed by atoms with van der Waals surface area (Å²) in [4.78, 5) is 29.9. The Balaban J connectivity index is 1.38. The van der Waals surface area contributed by atoms with Crippen molar-refractivity contribution in [1.82, 2.24) is 9.80 Å². The Kier molecular flexibility index (Phi) is 6.23. The number of nitrogens with zero attached hydrogens (tertiary/aromatic N) is 2. The van der Waals surface area contributed by atoms with Crippen molar-refractivity contribution in [2.45, 2.75) is 58.2 Å². The van der Waals surface area contributed by atoms with Gasteiger partial charge in [0, 0.05) is 31.5 Å². The maximum atomic E-state index is 13.3. The lowest BCUT2D eigenvalue weighted by Crippen LogP contribution is -2.52. The molecule has 1 saturated carbocycles. The Morgan fingerprint density at radius 2 is 1.52 bits per heavy atom. The van der Waals surface area contributed by atoms with Crippen LogP contribution < -0.4 is 0 Å². The van der Waals surface area contributed by atoms with Crippen LogP contribution in [0.3, 0.4) is 0 Å². The van der Waals surface area contributed by atoms with E-state index >= 15 is 0 Å². The van der Waals surface area contributed by atoms with E-state index in [9.17, 15) is 9.59 Å². The summed E-state index contributed by atoms with van der Waals surface area (Å²) in [5.74, 6) is 1.20. The van der Waals surface area contributed by atoms with Crippen LogP contribution in [0.4, 0.5) is 0 Å². The van der Waals surface area contributed by atoms with Crippen molar-refractivity contribution < 1.29 is 14.3 Å². The first-order chi connectivity index (χ1) is 14.0. The minimum atomic E-state index is -0.0680. The van der Waals surface area contributed by atoms with E-state index in [1.165, 1.54) is 6.42 Å². The fourth-order valence-electron chi connectivity index (χ4n) is 4.71. The van der Waals surface area contributed by atoms with Gasteiger partial charge in [-0.1, -0.05) is 50.6 Å². The fraction of sp³-hybridized carbons (Fsp3) is 0.667. The van der Waals surface area contributed by atoms with Crippen LogP contribution in [0.1, 0.15) is 57.6 Å². The second-order valence-corrected chi connectivity index (χ2v) is 9.29. The summed E-state index contributed by atoms with van der Waals surface area (Å²) >= 11 is 0. The molecule has 2 heterocycles. The van der Waals surface area contributed by atoms with Gasteiger partial charge >= 0.3 is 0 Å². The third-order valence-corrected chi connectivity index (χ3v) is 6.96. The SMILES string of the molecule is CC(C)[C@H]1CN(C(=O)C2CCN(C(=O)C3CCC3)CC2)C[C@@H](c2ccccc2)O1. The molecule has 3 aliphatic rings. The van der Waals surface area contributed by atoms with Crippen molar-refractivity contribution in [3.8, 4) is 0 Å². The predicted molar refractivity (Wildman–Crippen MR) is 112 cm³/mol. The molecule has 1 aromatic carbocycles. The van der Waals surface area contributed by atoms with E-state index in [1.807, 2.05) is 28.0 Å². The van der Waals surface area contributed by atoms with Crippen LogP contribution in [0.15, 0.2) is 30.3 Å². The van der Waals surface area contributed by atoms with Crippen LogP contribution in [0.25, 0.3) is 0 Å². The molecule has 2 amide bonds. The van der Waals surface area contributed by atoms with E-state index in [1.54, 1.807) is 0 Å². The van der Waals surface area contributed by atoms with E-state index < -0.39 is 0 Å². The van der Waals surface area contributed by atoms with Gasteiger partial charge in [0.05, 0.1) is 12.6 Å². The number of likely N-dealkylation sites (tertiary alicyclic amines) is 1. The molecule has 29 heavy (non-hydrogen) atoms. The van der Waals surface area contributed by atoms with Gasteiger partial charge in [-0.2, -0.15) is 0 Å². The number of piperidine rings is 1. The molecular formula is C24H34N2O3. The Labute approximate surface area is 174 Å². The van der Waals surface area contributed by atoms with E-state index in [0.717, 1.165) is 44.3 Å². The van der Waals surface area contributed by atoms with E-state index in [0.29, 0.717) is 24.9 Å². The minimum absolute atomic E-state index is 0.0303. The van der Waals surface area contributed by atoms with Crippen LogP contribution in [-0.4, -0.2) is 53.9 Å². The summed E-state index contributed by atoms with van der Waals surface area (Å²) in [5, 5.41) is 0. The second kappa shape index (κ2) is 8.86. The van der Waals surface area contributed by atoms with Gasteiger partial charge < -0.3 is 14.5 Å². The minimum Gasteiger partial charge on any atom is -0.366 e. The Hall–Kier alpha value is -1.88. The van der Waals surface area contributed by atoms with E-state index in [4.69, 9.17) is 4.74 Å². The van der Waals surface area contributed by atoms with Gasteiger partial charge in [0.2, 0.25) is 11.8 Å². The maximum Gasteiger partial charge on any atom is 0.226 e. The van der Waals surface area contributed by atoms with Crippen molar-refractivity contribution in [3.63, 3.8) is 0 Å². The molecule has 3 fully saturated rings. The number of hydrogen-bond acceptors (Lipinski definition) is 3. The summed E-state index contributed by atoms with van der Waals surface area (Å²) in [6.07, 6.45) is 4.83. The number of amides is 2. The van der Waals surface area contributed by atoms with Crippen molar-refractivity contribution in [2.24, 2.45) is 17.8 Å². The highest BCUT2D eigenvalue weighted by molar-refractivity contribution is 5.81. The van der Waals surface area contributed by atoms with E-state index in [2.05, 4.69) is 26.0 Å². The summed E-state index contributed by atoms with van der Waals surface area (Å²) < 4.78 is 6.35. The molecular weight excluding hydrogens is 364 g/mol. The lowest BCUT2D eigenvalue weighted by molar-refractivity contribution is -0.156. The molecule has 0 aromatic heterocycles. The number of hydrogen-bond donors (Lipinski definition) is 0. The zero-order chi connectivity index (χ0) is 20.4. The summed E-state index contributed by atoms with van der Waals surface area (Å²) in [7, 11) is 0. The molecule has 158 valence electrons. The highest BCUT2D eigenvalue weighted by Gasteiger charge is 2.38. The van der Waals surface area contributed by atoms with Gasteiger partial charge in [-0.05, 0) is 37.2 Å². The largest absolute Gasteiger partial charge is 0.366 e. The average Bonchev–Trinajstić information content (AvgIpc) is 2.72. The molecule has 0 unspecified atom stereocenters. The van der Waals surface area contributed by atoms with Gasteiger partial charge in [-0.25, -0.2) is 0 Å². The first kappa shape index (κ1) is 20.4. The maximum absolute atomic E-state index is 13.3. The van der Waals surface area contributed by atoms with Crippen molar-refractivity contribution in [2.75, 3.05) is 26.2 Å². The van der Waals surface area contributed by atoms with Crippen LogP contribution in [0, 0.1) is 17.8 Å². The molecule has 2 saturated heterocycles. The molecule has 0 N–H and O–H groups in total. The summed E-state index contributed by atoms with van der Waals surface area (Å²) in [6, 6.07) is 10.2. The first-order valence-corrected chi connectivity index (χ1v) is 11.3. The second-order valence-electron chi connectivity index (χ2n) is 9.29. The monoisotopic (exact) mass is 398 g/mol. The zero-order valence-corrected chi connectivity index (χ0v) is 17.8. The number of morpholine rings is 1. The van der Waals surface area contributed by atoms with Gasteiger partial charge in [-0.3, -0.25) is 9.59 Å². The first-order valence-electron chi connectivity index (χ1n) is 11.3. The molecule has 1 aliphatic carbocycles. The zero-order valence-electron chi connectivity index (χ0n) is 17.8. The standard InChI is InChI=1S/C24H34N2O3/c1-17(2)21-15-26(16-22(29-21)18-7-4-3-5-8-18)24(28)20-11-13-25(14-12-20)23(27)19-9-6-10-19/h3-5,7-8,17,19-22H,6,9-16H2,1-2H3/t21-,22+/m1/s1. The number of benzene rings is 1. The van der Waals surface area contributed by atoms with E-state index in [-0.39, 0.29) is 30.0 Å². The molecule has 4 rings (SSSR count).